The number of amides is 2. The van der Waals surface area contributed by atoms with E-state index in [0.717, 1.165) is 25.7 Å². The summed E-state index contributed by atoms with van der Waals surface area (Å²) in [5.41, 5.74) is 9.99. The first-order valence-electron chi connectivity index (χ1n) is 7.55. The quantitative estimate of drug-likeness (QED) is 0.401. The van der Waals surface area contributed by atoms with Crippen LogP contribution in [0.5, 0.6) is 0 Å². The number of carbonyl (C=O) groups is 2. The molecule has 4 heteroatoms. The van der Waals surface area contributed by atoms with E-state index < -0.39 is 0 Å². The molecule has 0 radical (unpaired) electrons. The molecule has 0 saturated carbocycles. The lowest BCUT2D eigenvalue weighted by Gasteiger charge is -2.00. The maximum absolute atomic E-state index is 10.4. The number of rotatable bonds is 13. The number of carbonyl (C=O) groups excluding carboxylic acids is 2. The molecule has 0 fully saturated rings. The first-order chi connectivity index (χ1) is 9.63. The van der Waals surface area contributed by atoms with Crippen LogP contribution in [0.3, 0.4) is 0 Å². The Kier molecular flexibility index (Phi) is 12.7. The average Bonchev–Trinajstić information content (AvgIpc) is 2.38. The molecule has 4 N–H and O–H groups in total. The number of primary amides is 2. The van der Waals surface area contributed by atoms with E-state index in [1.54, 1.807) is 0 Å². The second-order valence-corrected chi connectivity index (χ2v) is 5.02. The molecule has 0 bridgehead atoms. The average molecular weight is 280 g/mol. The third-order valence-electron chi connectivity index (χ3n) is 3.06. The van der Waals surface area contributed by atoms with Gasteiger partial charge in [0.1, 0.15) is 0 Å². The summed E-state index contributed by atoms with van der Waals surface area (Å²) in [5, 5.41) is 0. The van der Waals surface area contributed by atoms with Gasteiger partial charge in [-0.25, -0.2) is 0 Å². The Bertz CT molecular complexity index is 290. The van der Waals surface area contributed by atoms with E-state index in [2.05, 4.69) is 0 Å². The van der Waals surface area contributed by atoms with Crippen LogP contribution in [0.1, 0.15) is 64.2 Å². The lowest BCUT2D eigenvalue weighted by Crippen LogP contribution is -2.05. The third kappa shape index (κ3) is 16.4. The predicted molar refractivity (Wildman–Crippen MR) is 82.8 cm³/mol. The molecule has 4 nitrogen and oxygen atoms in total. The Balaban J connectivity index is 3.13. The van der Waals surface area contributed by atoms with Gasteiger partial charge in [-0.05, 0) is 37.8 Å². The van der Waals surface area contributed by atoms with Crippen LogP contribution >= 0.6 is 0 Å². The highest BCUT2D eigenvalue weighted by atomic mass is 16.1. The highest BCUT2D eigenvalue weighted by molar-refractivity contribution is 5.85. The van der Waals surface area contributed by atoms with Crippen LogP contribution in [0.2, 0.25) is 0 Å². The Morgan fingerprint density at radius 2 is 0.900 bits per heavy atom. The summed E-state index contributed by atoms with van der Waals surface area (Å²) in [6.07, 6.45) is 18.2. The van der Waals surface area contributed by atoms with E-state index in [1.807, 2.05) is 12.2 Å². The number of nitrogens with two attached hydrogens (primary N) is 2. The van der Waals surface area contributed by atoms with Gasteiger partial charge in [0.25, 0.3) is 0 Å². The van der Waals surface area contributed by atoms with Gasteiger partial charge < -0.3 is 11.5 Å². The van der Waals surface area contributed by atoms with Gasteiger partial charge in [-0.1, -0.05) is 50.7 Å². The molecule has 0 spiro atoms. The molecule has 20 heavy (non-hydrogen) atoms. The highest BCUT2D eigenvalue weighted by Crippen LogP contribution is 2.10. The van der Waals surface area contributed by atoms with Crippen LogP contribution in [0.15, 0.2) is 24.3 Å². The Morgan fingerprint density at radius 3 is 1.20 bits per heavy atom. The van der Waals surface area contributed by atoms with Gasteiger partial charge >= 0.3 is 0 Å². The fourth-order valence-electron chi connectivity index (χ4n) is 1.98. The van der Waals surface area contributed by atoms with Crippen molar-refractivity contribution in [3.05, 3.63) is 24.3 Å². The number of unbranched alkanes of at least 4 members (excludes halogenated alkanes) is 9. The van der Waals surface area contributed by atoms with Crippen molar-refractivity contribution in [1.82, 2.24) is 0 Å². The lowest BCUT2D eigenvalue weighted by atomic mass is 10.1. The van der Waals surface area contributed by atoms with Crippen molar-refractivity contribution in [2.45, 2.75) is 64.2 Å². The molecule has 114 valence electrons. The van der Waals surface area contributed by atoms with Crippen molar-refractivity contribution in [1.29, 1.82) is 0 Å². The topological polar surface area (TPSA) is 86.2 Å². The largest absolute Gasteiger partial charge is 0.366 e. The molecule has 0 rings (SSSR count). The predicted octanol–water partition coefficient (Wildman–Crippen LogP) is 2.97. The highest BCUT2D eigenvalue weighted by Gasteiger charge is 1.92. The normalized spacial score (nSPS) is 11.4. The van der Waals surface area contributed by atoms with Crippen molar-refractivity contribution in [3.8, 4) is 0 Å². The van der Waals surface area contributed by atoms with Crippen LogP contribution in [-0.4, -0.2) is 11.8 Å². The standard InChI is InChI=1S/C16H28N2O2/c17-15(19)13-11-9-7-5-3-1-2-4-6-8-10-12-14-16(18)20/h11-14H,1-10H2,(H2,17,19)(H2,18,20). The van der Waals surface area contributed by atoms with E-state index in [-0.39, 0.29) is 11.8 Å². The zero-order chi connectivity index (χ0) is 15.1. The smallest absolute Gasteiger partial charge is 0.241 e. The van der Waals surface area contributed by atoms with Crippen LogP contribution in [0.4, 0.5) is 0 Å². The molecule has 0 atom stereocenters. The van der Waals surface area contributed by atoms with Crippen LogP contribution < -0.4 is 11.5 Å². The molecule has 0 aromatic heterocycles. The van der Waals surface area contributed by atoms with Gasteiger partial charge in [-0.15, -0.1) is 0 Å². The first-order valence-corrected chi connectivity index (χ1v) is 7.55. The minimum absolute atomic E-state index is 0.365. The van der Waals surface area contributed by atoms with Crippen molar-refractivity contribution >= 4 is 11.8 Å². The summed E-state index contributed by atoms with van der Waals surface area (Å²) in [4.78, 5) is 20.9. The fourth-order valence-corrected chi connectivity index (χ4v) is 1.98. The second-order valence-electron chi connectivity index (χ2n) is 5.02. The zero-order valence-corrected chi connectivity index (χ0v) is 12.4. The lowest BCUT2D eigenvalue weighted by molar-refractivity contribution is -0.114. The number of hydrogen-bond acceptors (Lipinski definition) is 2. The van der Waals surface area contributed by atoms with E-state index in [0.29, 0.717) is 0 Å². The Morgan fingerprint density at radius 1 is 0.600 bits per heavy atom. The van der Waals surface area contributed by atoms with Crippen molar-refractivity contribution in [2.24, 2.45) is 11.5 Å². The SMILES string of the molecule is NC(=O)C=CCCCCCCCCCCC=CC(N)=O. The molecule has 0 aromatic rings. The fraction of sp³-hybridized carbons (Fsp3) is 0.625. The number of allylic oxidation sites excluding steroid dienone is 2. The van der Waals surface area contributed by atoms with Crippen molar-refractivity contribution in [3.63, 3.8) is 0 Å². The molecule has 0 aliphatic heterocycles. The Hall–Kier alpha value is -1.58. The zero-order valence-electron chi connectivity index (χ0n) is 12.4. The summed E-state index contributed by atoms with van der Waals surface area (Å²) in [7, 11) is 0. The molecule has 0 aliphatic rings. The van der Waals surface area contributed by atoms with E-state index in [1.165, 1.54) is 50.7 Å². The van der Waals surface area contributed by atoms with Crippen molar-refractivity contribution in [2.75, 3.05) is 0 Å². The van der Waals surface area contributed by atoms with Gasteiger partial charge in [0.2, 0.25) is 11.8 Å². The van der Waals surface area contributed by atoms with Crippen LogP contribution in [-0.2, 0) is 9.59 Å². The first kappa shape index (κ1) is 18.4. The molecule has 0 saturated heterocycles. The van der Waals surface area contributed by atoms with Gasteiger partial charge in [0.15, 0.2) is 0 Å². The molecule has 0 aromatic carbocycles. The van der Waals surface area contributed by atoms with Gasteiger partial charge in [-0.3, -0.25) is 9.59 Å². The monoisotopic (exact) mass is 280 g/mol. The molecular weight excluding hydrogens is 252 g/mol. The molecule has 0 unspecified atom stereocenters. The maximum atomic E-state index is 10.4. The summed E-state index contributed by atoms with van der Waals surface area (Å²) in [5.74, 6) is -0.730. The van der Waals surface area contributed by atoms with Gasteiger partial charge in [0.05, 0.1) is 0 Å². The summed E-state index contributed by atoms with van der Waals surface area (Å²) >= 11 is 0. The Labute approximate surface area is 122 Å². The maximum Gasteiger partial charge on any atom is 0.241 e. The van der Waals surface area contributed by atoms with E-state index in [4.69, 9.17) is 11.5 Å². The van der Waals surface area contributed by atoms with Crippen LogP contribution in [0.25, 0.3) is 0 Å². The van der Waals surface area contributed by atoms with E-state index >= 15 is 0 Å². The van der Waals surface area contributed by atoms with Crippen molar-refractivity contribution < 1.29 is 9.59 Å². The second kappa shape index (κ2) is 13.8. The molecular formula is C16H28N2O2. The van der Waals surface area contributed by atoms with Gasteiger partial charge in [0, 0.05) is 0 Å². The molecule has 0 heterocycles. The van der Waals surface area contributed by atoms with Gasteiger partial charge in [-0.2, -0.15) is 0 Å². The number of hydrogen-bond donors (Lipinski definition) is 2. The third-order valence-corrected chi connectivity index (χ3v) is 3.06. The summed E-state index contributed by atoms with van der Waals surface area (Å²) < 4.78 is 0. The minimum Gasteiger partial charge on any atom is -0.366 e. The van der Waals surface area contributed by atoms with E-state index in [9.17, 15) is 9.59 Å². The summed E-state index contributed by atoms with van der Waals surface area (Å²) in [6, 6.07) is 0. The van der Waals surface area contributed by atoms with Crippen LogP contribution in [0, 0.1) is 0 Å². The molecule has 2 amide bonds. The summed E-state index contributed by atoms with van der Waals surface area (Å²) in [6.45, 7) is 0. The molecule has 0 aliphatic carbocycles. The minimum atomic E-state index is -0.365.